The number of ether oxygens (including phenoxy) is 3. The number of para-hydroxylation sites is 1. The van der Waals surface area contributed by atoms with E-state index in [-0.39, 0.29) is 23.5 Å². The van der Waals surface area contributed by atoms with Gasteiger partial charge in [-0.25, -0.2) is 0 Å². The van der Waals surface area contributed by atoms with Crippen LogP contribution in [0.1, 0.15) is 89.2 Å². The van der Waals surface area contributed by atoms with Crippen molar-refractivity contribution in [3.63, 3.8) is 0 Å². The lowest BCUT2D eigenvalue weighted by molar-refractivity contribution is -0.312. The number of anilines is 1. The average Bonchev–Trinajstić information content (AvgIpc) is 3.34. The number of allylic oxidation sites excluding steroid dienone is 2. The zero-order valence-electron chi connectivity index (χ0n) is 27.2. The average molecular weight is 608 g/mol. The third kappa shape index (κ3) is 5.98. The molecule has 0 aromatic heterocycles. The van der Waals surface area contributed by atoms with Crippen LogP contribution in [0.2, 0.25) is 0 Å². The molecule has 45 heavy (non-hydrogen) atoms. The molecule has 5 heteroatoms. The fraction of sp³-hybridized carbons (Fsp3) is 0.550. The zero-order valence-corrected chi connectivity index (χ0v) is 27.2. The Morgan fingerprint density at radius 1 is 0.978 bits per heavy atom. The Balaban J connectivity index is 1.10. The van der Waals surface area contributed by atoms with Crippen LogP contribution in [0.25, 0.3) is 0 Å². The van der Waals surface area contributed by atoms with E-state index in [1.54, 1.807) is 11.1 Å². The van der Waals surface area contributed by atoms with Crippen molar-refractivity contribution in [1.82, 2.24) is 0 Å². The van der Waals surface area contributed by atoms with E-state index in [4.69, 9.17) is 14.2 Å². The van der Waals surface area contributed by atoms with Crippen molar-refractivity contribution in [2.24, 2.45) is 28.6 Å². The highest BCUT2D eigenvalue weighted by atomic mass is 16.7. The van der Waals surface area contributed by atoms with E-state index in [0.717, 1.165) is 63.0 Å². The molecule has 1 heterocycles. The topological polar surface area (TPSA) is 60.0 Å². The van der Waals surface area contributed by atoms with Crippen LogP contribution in [0.5, 0.6) is 0 Å². The molecule has 0 bridgehead atoms. The molecule has 2 aromatic carbocycles. The maximum Gasteiger partial charge on any atom is 0.184 e. The van der Waals surface area contributed by atoms with Crippen LogP contribution < -0.4 is 5.32 Å². The predicted molar refractivity (Wildman–Crippen MR) is 178 cm³/mol. The summed E-state index contributed by atoms with van der Waals surface area (Å²) < 4.78 is 18.7. The Bertz CT molecular complexity index is 1490. The fourth-order valence-corrected chi connectivity index (χ4v) is 9.28. The van der Waals surface area contributed by atoms with E-state index in [1.165, 1.54) is 18.4 Å². The molecule has 4 fully saturated rings. The van der Waals surface area contributed by atoms with E-state index < -0.39 is 5.79 Å². The molecule has 7 rings (SSSR count). The molecule has 4 aliphatic carbocycles. The van der Waals surface area contributed by atoms with Crippen LogP contribution in [-0.2, 0) is 14.2 Å². The first-order chi connectivity index (χ1) is 21.6. The van der Waals surface area contributed by atoms with Gasteiger partial charge in [-0.05, 0) is 98.1 Å². The molecule has 0 amide bonds. The third-order valence-electron chi connectivity index (χ3n) is 11.7. The van der Waals surface area contributed by atoms with E-state index >= 15 is 0 Å². The minimum Gasteiger partial charge on any atom is -0.466 e. The third-order valence-corrected chi connectivity index (χ3v) is 11.7. The molecule has 6 atom stereocenters. The zero-order chi connectivity index (χ0) is 31.2. The molecule has 3 saturated carbocycles. The Hall–Kier alpha value is -3.04. The van der Waals surface area contributed by atoms with E-state index in [1.807, 2.05) is 30.3 Å². The summed E-state index contributed by atoms with van der Waals surface area (Å²) in [5.74, 6) is 8.47. The number of hydrogen-bond acceptors (Lipinski definition) is 5. The van der Waals surface area contributed by atoms with Crippen LogP contribution in [-0.4, -0.2) is 36.8 Å². The van der Waals surface area contributed by atoms with Gasteiger partial charge in [-0.3, -0.25) is 0 Å². The van der Waals surface area contributed by atoms with Crippen LogP contribution >= 0.6 is 0 Å². The van der Waals surface area contributed by atoms with Gasteiger partial charge < -0.3 is 24.6 Å². The molecule has 2 N–H and O–H groups in total. The Kier molecular flexibility index (Phi) is 8.13. The summed E-state index contributed by atoms with van der Waals surface area (Å²) in [6.07, 6.45) is 8.29. The first-order valence-corrected chi connectivity index (χ1v) is 17.1. The lowest BCUT2D eigenvalue weighted by atomic mass is 9.52. The first kappa shape index (κ1) is 30.6. The van der Waals surface area contributed by atoms with Crippen LogP contribution in [0.4, 0.5) is 5.69 Å². The lowest BCUT2D eigenvalue weighted by Gasteiger charge is -2.55. The second-order valence-electron chi connectivity index (χ2n) is 15.3. The highest BCUT2D eigenvalue weighted by Gasteiger charge is 2.57. The minimum absolute atomic E-state index is 0.0324. The summed E-state index contributed by atoms with van der Waals surface area (Å²) in [7, 11) is 0. The molecule has 0 radical (unpaired) electrons. The smallest absolute Gasteiger partial charge is 0.184 e. The maximum absolute atomic E-state index is 11.3. The monoisotopic (exact) mass is 607 g/mol. The number of hydrogen-bond donors (Lipinski definition) is 2. The molecule has 1 saturated heterocycles. The number of fused-ring (bicyclic) bond motifs is 4. The second-order valence-corrected chi connectivity index (χ2v) is 15.3. The Morgan fingerprint density at radius 2 is 1.73 bits per heavy atom. The fourth-order valence-electron chi connectivity index (χ4n) is 9.28. The van der Waals surface area contributed by atoms with E-state index in [0.29, 0.717) is 29.6 Å². The highest BCUT2D eigenvalue weighted by molar-refractivity contribution is 5.46. The van der Waals surface area contributed by atoms with Gasteiger partial charge in [0.15, 0.2) is 18.3 Å². The second kappa shape index (κ2) is 12.0. The normalized spacial score (nSPS) is 32.8. The van der Waals surface area contributed by atoms with Crippen LogP contribution in [0.15, 0.2) is 78.2 Å². The van der Waals surface area contributed by atoms with Gasteiger partial charge in [-0.15, -0.1) is 0 Å². The molecule has 5 nitrogen and oxygen atoms in total. The van der Waals surface area contributed by atoms with Crippen molar-refractivity contribution < 1.29 is 19.3 Å². The van der Waals surface area contributed by atoms with Gasteiger partial charge in [0.25, 0.3) is 0 Å². The molecule has 1 aliphatic heterocycles. The SMILES string of the molecule is C=C(Nc1ccccc1)OCC#Cc1ccc(C2CC3(C)C(O)CCC3C3CCC4CC5(CCC4=C23)OCC(C)(C)CO5)cc1. The molecule has 2 aromatic rings. The molecule has 5 aliphatic rings. The lowest BCUT2D eigenvalue weighted by Crippen LogP contribution is -2.52. The molecular formula is C40H49NO4. The number of nitrogens with one attached hydrogen (secondary N) is 1. The maximum atomic E-state index is 11.3. The van der Waals surface area contributed by atoms with Crippen LogP contribution in [0, 0.1) is 40.4 Å². The van der Waals surface area contributed by atoms with Crippen molar-refractivity contribution in [3.8, 4) is 11.8 Å². The van der Waals surface area contributed by atoms with Gasteiger partial charge in [-0.1, -0.05) is 74.1 Å². The summed E-state index contributed by atoms with van der Waals surface area (Å²) in [5.41, 5.74) is 6.72. The summed E-state index contributed by atoms with van der Waals surface area (Å²) in [5, 5.41) is 14.4. The molecule has 6 unspecified atom stereocenters. The van der Waals surface area contributed by atoms with Crippen molar-refractivity contribution in [2.45, 2.75) is 89.9 Å². The minimum atomic E-state index is -0.409. The first-order valence-electron chi connectivity index (χ1n) is 17.1. The Morgan fingerprint density at radius 3 is 2.49 bits per heavy atom. The number of benzene rings is 2. The van der Waals surface area contributed by atoms with Gasteiger partial charge in [-0.2, -0.15) is 0 Å². The number of aliphatic hydroxyl groups excluding tert-OH is 1. The van der Waals surface area contributed by atoms with Crippen molar-refractivity contribution in [2.75, 3.05) is 25.1 Å². The quantitative estimate of drug-likeness (QED) is 0.204. The van der Waals surface area contributed by atoms with Crippen LogP contribution in [0.3, 0.4) is 0 Å². The summed E-state index contributed by atoms with van der Waals surface area (Å²) in [4.78, 5) is 0. The van der Waals surface area contributed by atoms with Crippen molar-refractivity contribution >= 4 is 5.69 Å². The standard InChI is InChI=1S/C40H49NO4/c1-27(41-31-10-6-5-7-11-31)43-22-8-9-28-12-14-29(15-13-28)34-24-39(4)35(18-19-36(39)42)33-17-16-30-23-40(21-20-32(30)37(33)34)44-25-38(2,3)26-45-40/h5-7,10-15,30,33-36,41-42H,1,16-26H2,2-4H3. The van der Waals surface area contributed by atoms with Gasteiger partial charge in [0.1, 0.15) is 0 Å². The van der Waals surface area contributed by atoms with Gasteiger partial charge in [0.05, 0.1) is 19.3 Å². The van der Waals surface area contributed by atoms with Gasteiger partial charge >= 0.3 is 0 Å². The number of rotatable bonds is 5. The predicted octanol–water partition coefficient (Wildman–Crippen LogP) is 8.18. The molecular weight excluding hydrogens is 558 g/mol. The molecule has 238 valence electrons. The van der Waals surface area contributed by atoms with Gasteiger partial charge in [0, 0.05) is 35.4 Å². The van der Waals surface area contributed by atoms with E-state index in [9.17, 15) is 5.11 Å². The number of aliphatic hydroxyl groups is 1. The van der Waals surface area contributed by atoms with Crippen molar-refractivity contribution in [1.29, 1.82) is 0 Å². The van der Waals surface area contributed by atoms with Crippen molar-refractivity contribution in [3.05, 3.63) is 89.3 Å². The summed E-state index contributed by atoms with van der Waals surface area (Å²) in [6.45, 7) is 12.6. The van der Waals surface area contributed by atoms with E-state index in [2.05, 4.69) is 68.8 Å². The highest BCUT2D eigenvalue weighted by Crippen LogP contribution is 2.65. The Labute approximate surface area is 269 Å². The largest absolute Gasteiger partial charge is 0.466 e. The summed E-state index contributed by atoms with van der Waals surface area (Å²) in [6, 6.07) is 18.7. The van der Waals surface area contributed by atoms with Gasteiger partial charge in [0.2, 0.25) is 0 Å². The molecule has 1 spiro atoms. The summed E-state index contributed by atoms with van der Waals surface area (Å²) >= 11 is 0.